The predicted molar refractivity (Wildman–Crippen MR) is 81.0 cm³/mol. The number of unbranched alkanes of at least 4 members (excludes halogenated alkanes) is 1. The summed E-state index contributed by atoms with van der Waals surface area (Å²) in [4.78, 5) is 14.4. The van der Waals surface area contributed by atoms with Crippen LogP contribution in [0.2, 0.25) is 0 Å². The Morgan fingerprint density at radius 2 is 2.24 bits per heavy atom. The second kappa shape index (κ2) is 7.56. The number of amides is 1. The van der Waals surface area contributed by atoms with E-state index in [0.717, 1.165) is 19.4 Å². The molecule has 1 rings (SSSR count). The molecule has 0 aliphatic carbocycles. The molecule has 0 saturated heterocycles. The van der Waals surface area contributed by atoms with Crippen molar-refractivity contribution in [2.24, 2.45) is 0 Å². The van der Waals surface area contributed by atoms with Crippen molar-refractivity contribution in [3.05, 3.63) is 17.5 Å². The van der Waals surface area contributed by atoms with Crippen LogP contribution >= 0.6 is 0 Å². The van der Waals surface area contributed by atoms with Gasteiger partial charge in [-0.05, 0) is 40.8 Å². The van der Waals surface area contributed by atoms with E-state index in [1.54, 1.807) is 0 Å². The lowest BCUT2D eigenvalue weighted by atomic mass is 9.93. The van der Waals surface area contributed by atoms with Gasteiger partial charge in [0.25, 0.3) is 5.91 Å². The van der Waals surface area contributed by atoms with Gasteiger partial charge in [-0.15, -0.1) is 0 Å². The normalized spacial score (nSPS) is 13.5. The Morgan fingerprint density at radius 3 is 2.76 bits per heavy atom. The molecule has 6 heteroatoms. The average Bonchev–Trinajstić information content (AvgIpc) is 2.93. The van der Waals surface area contributed by atoms with E-state index >= 15 is 0 Å². The van der Waals surface area contributed by atoms with Gasteiger partial charge in [-0.25, -0.2) is 0 Å². The Bertz CT molecular complexity index is 457. The first-order valence-corrected chi connectivity index (χ1v) is 7.41. The number of nitrogens with zero attached hydrogens (tertiary/aromatic N) is 2. The van der Waals surface area contributed by atoms with Crippen LogP contribution in [0.1, 0.15) is 56.8 Å². The molecule has 2 N–H and O–H groups in total. The number of likely N-dealkylation sites (N-methyl/N-ethyl adjacent to an activating group) is 1. The summed E-state index contributed by atoms with van der Waals surface area (Å²) in [6, 6.07) is 1.40. The van der Waals surface area contributed by atoms with Crippen LogP contribution in [-0.2, 0) is 6.61 Å². The zero-order valence-electron chi connectivity index (χ0n) is 13.6. The number of carbonyl (C=O) groups excluding carboxylic acids is 1. The third kappa shape index (κ3) is 4.54. The molecule has 1 atom stereocenters. The predicted octanol–water partition coefficient (Wildman–Crippen LogP) is 1.80. The fourth-order valence-corrected chi connectivity index (χ4v) is 1.96. The highest BCUT2D eigenvalue weighted by atomic mass is 16.5. The molecule has 1 aromatic rings. The van der Waals surface area contributed by atoms with E-state index in [1.807, 2.05) is 6.92 Å². The molecular formula is C15H27N3O3. The molecule has 0 aromatic carbocycles. The Morgan fingerprint density at radius 1 is 1.57 bits per heavy atom. The van der Waals surface area contributed by atoms with E-state index in [1.165, 1.54) is 6.07 Å². The van der Waals surface area contributed by atoms with Crippen LogP contribution in [0.3, 0.4) is 0 Å². The van der Waals surface area contributed by atoms with Crippen LogP contribution in [0.25, 0.3) is 0 Å². The Labute approximate surface area is 126 Å². The van der Waals surface area contributed by atoms with Crippen molar-refractivity contribution in [2.75, 3.05) is 13.6 Å². The summed E-state index contributed by atoms with van der Waals surface area (Å²) in [5.74, 6) is -0.00459. The lowest BCUT2D eigenvalue weighted by molar-refractivity contribution is 0.0802. The number of hydrogen-bond donors (Lipinski definition) is 2. The number of aromatic nitrogens is 1. The first kappa shape index (κ1) is 17.7. The lowest BCUT2D eigenvalue weighted by Crippen LogP contribution is -2.56. The molecule has 1 unspecified atom stereocenters. The van der Waals surface area contributed by atoms with E-state index < -0.39 is 0 Å². The van der Waals surface area contributed by atoms with Crippen molar-refractivity contribution in [3.63, 3.8) is 0 Å². The maximum absolute atomic E-state index is 12.1. The fraction of sp³-hybridized carbons (Fsp3) is 0.733. The van der Waals surface area contributed by atoms with Crippen LogP contribution in [0.15, 0.2) is 10.6 Å². The molecular weight excluding hydrogens is 270 g/mol. The number of rotatable bonds is 8. The van der Waals surface area contributed by atoms with Crippen molar-refractivity contribution in [2.45, 2.75) is 58.7 Å². The topological polar surface area (TPSA) is 78.6 Å². The number of hydrogen-bond acceptors (Lipinski definition) is 5. The summed E-state index contributed by atoms with van der Waals surface area (Å²) in [6.45, 7) is 9.08. The highest BCUT2D eigenvalue weighted by Gasteiger charge is 2.31. The van der Waals surface area contributed by atoms with Gasteiger partial charge in [0.1, 0.15) is 6.61 Å². The van der Waals surface area contributed by atoms with Gasteiger partial charge in [0, 0.05) is 17.6 Å². The van der Waals surface area contributed by atoms with E-state index in [4.69, 9.17) is 9.63 Å². The number of carbonyl (C=O) groups is 1. The van der Waals surface area contributed by atoms with Crippen molar-refractivity contribution in [3.8, 4) is 0 Å². The van der Waals surface area contributed by atoms with Crippen LogP contribution in [0.5, 0.6) is 0 Å². The van der Waals surface area contributed by atoms with Gasteiger partial charge in [-0.3, -0.25) is 9.69 Å². The van der Waals surface area contributed by atoms with Gasteiger partial charge < -0.3 is 14.9 Å². The highest BCUT2D eigenvalue weighted by molar-refractivity contribution is 5.92. The third-order valence-corrected chi connectivity index (χ3v) is 4.19. The van der Waals surface area contributed by atoms with Crippen molar-refractivity contribution >= 4 is 5.91 Å². The molecule has 1 heterocycles. The van der Waals surface area contributed by atoms with E-state index in [0.29, 0.717) is 0 Å². The zero-order chi connectivity index (χ0) is 16.0. The number of aliphatic hydroxyl groups is 1. The van der Waals surface area contributed by atoms with Gasteiger partial charge >= 0.3 is 0 Å². The molecule has 120 valence electrons. The summed E-state index contributed by atoms with van der Waals surface area (Å²) >= 11 is 0. The van der Waals surface area contributed by atoms with Crippen molar-refractivity contribution in [1.29, 1.82) is 0 Å². The largest absolute Gasteiger partial charge is 0.388 e. The smallest absolute Gasteiger partial charge is 0.273 e. The molecule has 0 aliphatic heterocycles. The maximum Gasteiger partial charge on any atom is 0.273 e. The van der Waals surface area contributed by atoms with E-state index in [-0.39, 0.29) is 35.5 Å². The summed E-state index contributed by atoms with van der Waals surface area (Å²) in [5, 5.41) is 15.5. The van der Waals surface area contributed by atoms with Gasteiger partial charge in [0.2, 0.25) is 0 Å². The first-order valence-electron chi connectivity index (χ1n) is 7.41. The SMILES string of the molecule is CCCCN(C)C(C)(C)C(C)NC(=O)c1cc(CO)on1. The molecule has 0 spiro atoms. The van der Waals surface area contributed by atoms with Gasteiger partial charge in [-0.1, -0.05) is 18.5 Å². The fourth-order valence-electron chi connectivity index (χ4n) is 1.96. The second-order valence-electron chi connectivity index (χ2n) is 5.96. The molecule has 0 aliphatic rings. The number of aliphatic hydroxyl groups excluding tert-OH is 1. The van der Waals surface area contributed by atoms with Gasteiger partial charge in [0.05, 0.1) is 0 Å². The Hall–Kier alpha value is -1.40. The summed E-state index contributed by atoms with van der Waals surface area (Å²) in [7, 11) is 2.07. The van der Waals surface area contributed by atoms with Gasteiger partial charge in [0.15, 0.2) is 11.5 Å². The minimum Gasteiger partial charge on any atom is -0.388 e. The molecule has 0 fully saturated rings. The summed E-state index contributed by atoms with van der Waals surface area (Å²) in [5.41, 5.74) is 0.0203. The first-order chi connectivity index (χ1) is 9.82. The van der Waals surface area contributed by atoms with Crippen molar-refractivity contribution < 1.29 is 14.4 Å². The Balaban J connectivity index is 2.65. The van der Waals surface area contributed by atoms with Crippen LogP contribution < -0.4 is 5.32 Å². The molecule has 6 nitrogen and oxygen atoms in total. The molecule has 0 radical (unpaired) electrons. The monoisotopic (exact) mass is 297 g/mol. The average molecular weight is 297 g/mol. The van der Waals surface area contributed by atoms with Crippen LogP contribution in [0, 0.1) is 0 Å². The molecule has 1 aromatic heterocycles. The quantitative estimate of drug-likeness (QED) is 0.765. The second-order valence-corrected chi connectivity index (χ2v) is 5.96. The van der Waals surface area contributed by atoms with Crippen LogP contribution in [-0.4, -0.2) is 46.2 Å². The molecule has 21 heavy (non-hydrogen) atoms. The minimum atomic E-state index is -0.289. The third-order valence-electron chi connectivity index (χ3n) is 4.19. The minimum absolute atomic E-state index is 0.0545. The maximum atomic E-state index is 12.1. The highest BCUT2D eigenvalue weighted by Crippen LogP contribution is 2.18. The molecule has 1 amide bonds. The number of nitrogens with one attached hydrogen (secondary N) is 1. The van der Waals surface area contributed by atoms with Crippen molar-refractivity contribution in [1.82, 2.24) is 15.4 Å². The molecule has 0 bridgehead atoms. The standard InChI is InChI=1S/C15H27N3O3/c1-6-7-8-18(5)15(3,4)11(2)16-14(20)13-9-12(10-19)21-17-13/h9,11,19H,6-8,10H2,1-5H3,(H,16,20). The molecule has 0 saturated carbocycles. The Kier molecular flexibility index (Phi) is 6.36. The van der Waals surface area contributed by atoms with E-state index in [9.17, 15) is 4.79 Å². The summed E-state index contributed by atoms with van der Waals surface area (Å²) in [6.07, 6.45) is 2.27. The lowest BCUT2D eigenvalue weighted by Gasteiger charge is -2.40. The summed E-state index contributed by atoms with van der Waals surface area (Å²) < 4.78 is 4.83. The zero-order valence-corrected chi connectivity index (χ0v) is 13.6. The van der Waals surface area contributed by atoms with Gasteiger partial charge in [-0.2, -0.15) is 0 Å². The van der Waals surface area contributed by atoms with E-state index in [2.05, 4.69) is 43.2 Å². The van der Waals surface area contributed by atoms with Crippen LogP contribution in [0.4, 0.5) is 0 Å².